The van der Waals surface area contributed by atoms with Crippen LogP contribution in [0.3, 0.4) is 0 Å². The molecule has 2 fully saturated rings. The molecular formula is C26H30FN3O6S. The van der Waals surface area contributed by atoms with Crippen LogP contribution in [0.1, 0.15) is 23.6 Å². The highest BCUT2D eigenvalue weighted by molar-refractivity contribution is 7.89. The van der Waals surface area contributed by atoms with E-state index >= 15 is 0 Å². The zero-order chi connectivity index (χ0) is 26.7. The molecule has 2 heterocycles. The molecule has 2 saturated heterocycles. The quantitative estimate of drug-likeness (QED) is 0.316. The van der Waals surface area contributed by atoms with Crippen LogP contribution in [-0.4, -0.2) is 92.8 Å². The van der Waals surface area contributed by atoms with Crippen molar-refractivity contribution in [2.45, 2.75) is 17.4 Å². The topological polar surface area (TPSA) is 107 Å². The number of halogens is 1. The average Bonchev–Trinajstić information content (AvgIpc) is 3.14. The van der Waals surface area contributed by atoms with Gasteiger partial charge >= 0.3 is 0 Å². The van der Waals surface area contributed by atoms with Crippen molar-refractivity contribution in [1.82, 2.24) is 14.1 Å². The van der Waals surface area contributed by atoms with Crippen molar-refractivity contribution >= 4 is 27.5 Å². The largest absolute Gasteiger partial charge is 0.507 e. The number of hydrogen-bond donors (Lipinski definition) is 1. The van der Waals surface area contributed by atoms with Gasteiger partial charge in [-0.05, 0) is 36.2 Å². The van der Waals surface area contributed by atoms with Crippen LogP contribution < -0.4 is 0 Å². The highest BCUT2D eigenvalue weighted by atomic mass is 32.2. The standard InChI is InChI=1S/C26H30FN3O6S/c1-28(2)37(34,35)21-6-3-5-19(17-21)24(31)22-23(18-7-9-20(27)10-8-18)30(26(33)25(22)32)12-4-11-29-13-15-36-16-14-29/h3,5-10,17,23,31H,4,11-16H2,1-2H3/b24-22-. The lowest BCUT2D eigenvalue weighted by Crippen LogP contribution is -2.38. The number of amides is 1. The molecule has 9 nitrogen and oxygen atoms in total. The highest BCUT2D eigenvalue weighted by Crippen LogP contribution is 2.39. The van der Waals surface area contributed by atoms with Crippen molar-refractivity contribution in [1.29, 1.82) is 0 Å². The van der Waals surface area contributed by atoms with Gasteiger partial charge in [-0.3, -0.25) is 14.5 Å². The molecule has 0 bridgehead atoms. The maximum absolute atomic E-state index is 13.7. The summed E-state index contributed by atoms with van der Waals surface area (Å²) in [6.07, 6.45) is 0.585. The Morgan fingerprint density at radius 3 is 2.41 bits per heavy atom. The molecule has 0 aromatic heterocycles. The van der Waals surface area contributed by atoms with E-state index < -0.39 is 39.3 Å². The highest BCUT2D eigenvalue weighted by Gasteiger charge is 2.46. The van der Waals surface area contributed by atoms with Gasteiger partial charge in [0.15, 0.2) is 0 Å². The number of ether oxygens (including phenoxy) is 1. The molecule has 0 saturated carbocycles. The summed E-state index contributed by atoms with van der Waals surface area (Å²) in [5.41, 5.74) is 0.384. The summed E-state index contributed by atoms with van der Waals surface area (Å²) >= 11 is 0. The van der Waals surface area contributed by atoms with Crippen LogP contribution in [0.15, 0.2) is 59.0 Å². The van der Waals surface area contributed by atoms with Crippen LogP contribution in [0.4, 0.5) is 4.39 Å². The Bertz CT molecular complexity index is 1300. The monoisotopic (exact) mass is 531 g/mol. The summed E-state index contributed by atoms with van der Waals surface area (Å²) in [7, 11) is -1.03. The number of aliphatic hydroxyl groups excluding tert-OH is 1. The van der Waals surface area contributed by atoms with Gasteiger partial charge in [-0.15, -0.1) is 0 Å². The third-order valence-corrected chi connectivity index (χ3v) is 8.40. The summed E-state index contributed by atoms with van der Waals surface area (Å²) < 4.78 is 45.3. The maximum atomic E-state index is 13.7. The first kappa shape index (κ1) is 26.9. The van der Waals surface area contributed by atoms with Crippen LogP contribution in [0.2, 0.25) is 0 Å². The first-order valence-electron chi connectivity index (χ1n) is 12.0. The number of carbonyl (C=O) groups excluding carboxylic acids is 2. The molecule has 2 aliphatic rings. The fraction of sp³-hybridized carbons (Fsp3) is 0.385. The zero-order valence-corrected chi connectivity index (χ0v) is 21.6. The summed E-state index contributed by atoms with van der Waals surface area (Å²) in [4.78, 5) is 29.9. The van der Waals surface area contributed by atoms with Crippen LogP contribution in [0.25, 0.3) is 5.76 Å². The third-order valence-electron chi connectivity index (χ3n) is 6.59. The van der Waals surface area contributed by atoms with Crippen LogP contribution >= 0.6 is 0 Å². The summed E-state index contributed by atoms with van der Waals surface area (Å²) in [6, 6.07) is 10.0. The van der Waals surface area contributed by atoms with E-state index in [1.807, 2.05) is 0 Å². The molecular weight excluding hydrogens is 501 g/mol. The molecule has 0 aliphatic carbocycles. The van der Waals surface area contributed by atoms with Gasteiger partial charge in [0.25, 0.3) is 11.7 Å². The number of morpholine rings is 1. The van der Waals surface area contributed by atoms with Crippen LogP contribution in [0.5, 0.6) is 0 Å². The van der Waals surface area contributed by atoms with Gasteiger partial charge in [-0.1, -0.05) is 24.3 Å². The van der Waals surface area contributed by atoms with E-state index in [1.54, 1.807) is 0 Å². The molecule has 37 heavy (non-hydrogen) atoms. The molecule has 2 aliphatic heterocycles. The molecule has 1 unspecified atom stereocenters. The fourth-order valence-electron chi connectivity index (χ4n) is 4.56. The van der Waals surface area contributed by atoms with Gasteiger partial charge in [0.2, 0.25) is 10.0 Å². The van der Waals surface area contributed by atoms with Gasteiger partial charge < -0.3 is 14.7 Å². The van der Waals surface area contributed by atoms with Gasteiger partial charge in [-0.25, -0.2) is 17.1 Å². The molecule has 0 radical (unpaired) electrons. The van der Waals surface area contributed by atoms with E-state index in [4.69, 9.17) is 4.74 Å². The van der Waals surface area contributed by atoms with E-state index in [1.165, 1.54) is 67.5 Å². The average molecular weight is 532 g/mol. The number of Topliss-reactive ketones (excluding diaryl/α,β-unsaturated/α-hetero) is 1. The summed E-state index contributed by atoms with van der Waals surface area (Å²) in [6.45, 7) is 3.80. The zero-order valence-electron chi connectivity index (χ0n) is 20.8. The number of hydrogen-bond acceptors (Lipinski definition) is 7. The predicted molar refractivity (Wildman–Crippen MR) is 135 cm³/mol. The summed E-state index contributed by atoms with van der Waals surface area (Å²) in [5.74, 6) is -2.61. The van der Waals surface area contributed by atoms with Gasteiger partial charge in [0.1, 0.15) is 11.6 Å². The Labute approximate surface area is 215 Å². The lowest BCUT2D eigenvalue weighted by Gasteiger charge is -2.29. The molecule has 11 heteroatoms. The Hall–Kier alpha value is -3.12. The Morgan fingerprint density at radius 2 is 1.76 bits per heavy atom. The summed E-state index contributed by atoms with van der Waals surface area (Å²) in [5, 5.41) is 11.2. The van der Waals surface area contributed by atoms with Crippen molar-refractivity contribution in [2.24, 2.45) is 0 Å². The fourth-order valence-corrected chi connectivity index (χ4v) is 5.51. The molecule has 0 spiro atoms. The first-order chi connectivity index (χ1) is 17.6. The van der Waals surface area contributed by atoms with E-state index in [-0.39, 0.29) is 22.6 Å². The van der Waals surface area contributed by atoms with E-state index in [9.17, 15) is 27.5 Å². The molecule has 4 rings (SSSR count). The maximum Gasteiger partial charge on any atom is 0.295 e. The van der Waals surface area contributed by atoms with Gasteiger partial charge in [-0.2, -0.15) is 0 Å². The number of rotatable bonds is 8. The van der Waals surface area contributed by atoms with Crippen molar-refractivity contribution in [3.63, 3.8) is 0 Å². The Balaban J connectivity index is 1.72. The van der Waals surface area contributed by atoms with Crippen LogP contribution in [-0.2, 0) is 24.3 Å². The second-order valence-electron chi connectivity index (χ2n) is 9.17. The first-order valence-corrected chi connectivity index (χ1v) is 13.4. The number of nitrogens with zero attached hydrogens (tertiary/aromatic N) is 3. The predicted octanol–water partition coefficient (Wildman–Crippen LogP) is 2.22. The number of carbonyl (C=O) groups is 2. The van der Waals surface area contributed by atoms with Gasteiger partial charge in [0.05, 0.1) is 29.7 Å². The molecule has 1 atom stereocenters. The van der Waals surface area contributed by atoms with Crippen molar-refractivity contribution in [2.75, 3.05) is 53.5 Å². The molecule has 2 aromatic rings. The normalized spacial score (nSPS) is 20.6. The lowest BCUT2D eigenvalue weighted by molar-refractivity contribution is -0.140. The molecule has 1 amide bonds. The number of sulfonamides is 1. The minimum atomic E-state index is -3.80. The molecule has 1 N–H and O–H groups in total. The van der Waals surface area contributed by atoms with Crippen molar-refractivity contribution in [3.05, 3.63) is 71.0 Å². The van der Waals surface area contributed by atoms with E-state index in [0.717, 1.165) is 17.4 Å². The van der Waals surface area contributed by atoms with E-state index in [2.05, 4.69) is 4.90 Å². The lowest BCUT2D eigenvalue weighted by atomic mass is 9.95. The number of likely N-dealkylation sites (tertiary alicyclic amines) is 1. The SMILES string of the molecule is CN(C)S(=O)(=O)c1cccc(/C(O)=C2/C(=O)C(=O)N(CCCN3CCOCC3)C2c2ccc(F)cc2)c1. The molecule has 198 valence electrons. The van der Waals surface area contributed by atoms with Crippen molar-refractivity contribution in [3.8, 4) is 0 Å². The third kappa shape index (κ3) is 5.59. The minimum Gasteiger partial charge on any atom is -0.507 e. The second kappa shape index (κ2) is 11.1. The second-order valence-corrected chi connectivity index (χ2v) is 11.3. The van der Waals surface area contributed by atoms with Crippen LogP contribution in [0, 0.1) is 5.82 Å². The Morgan fingerprint density at radius 1 is 1.08 bits per heavy atom. The smallest absolute Gasteiger partial charge is 0.295 e. The van der Waals surface area contributed by atoms with E-state index in [0.29, 0.717) is 31.7 Å². The number of ketones is 1. The number of benzene rings is 2. The van der Waals surface area contributed by atoms with Crippen molar-refractivity contribution < 1.29 is 32.2 Å². The minimum absolute atomic E-state index is 0.0698. The Kier molecular flexibility index (Phi) is 8.08. The molecule has 2 aromatic carbocycles. The number of aliphatic hydroxyl groups is 1. The van der Waals surface area contributed by atoms with Gasteiger partial charge in [0, 0.05) is 45.8 Å².